The van der Waals surface area contributed by atoms with Gasteiger partial charge in [-0.3, -0.25) is 4.79 Å². The van der Waals surface area contributed by atoms with Crippen LogP contribution < -0.4 is 0 Å². The summed E-state index contributed by atoms with van der Waals surface area (Å²) in [7, 11) is 0. The van der Waals surface area contributed by atoms with Crippen molar-refractivity contribution in [2.45, 2.75) is 38.5 Å². The van der Waals surface area contributed by atoms with E-state index in [2.05, 4.69) is 24.8 Å². The van der Waals surface area contributed by atoms with Crippen molar-refractivity contribution in [1.82, 2.24) is 4.90 Å². The average molecular weight is 251 g/mol. The maximum atomic E-state index is 12.0. The van der Waals surface area contributed by atoms with E-state index in [1.165, 1.54) is 5.56 Å². The number of carbonyl (C=O) groups is 1. The number of amides is 1. The number of thiol groups is 1. The molecule has 17 heavy (non-hydrogen) atoms. The van der Waals surface area contributed by atoms with Crippen LogP contribution in [-0.2, 0) is 11.3 Å². The third-order valence-electron chi connectivity index (χ3n) is 2.73. The highest BCUT2D eigenvalue weighted by Gasteiger charge is 2.12. The molecule has 1 amide bonds. The van der Waals surface area contributed by atoms with Crippen molar-refractivity contribution in [3.05, 3.63) is 35.9 Å². The number of nitrogens with zero attached hydrogens (tertiary/aromatic N) is 1. The molecule has 2 nitrogen and oxygen atoms in total. The van der Waals surface area contributed by atoms with Crippen LogP contribution in [0.4, 0.5) is 0 Å². The Bertz CT molecular complexity index is 337. The fourth-order valence-electron chi connectivity index (χ4n) is 1.67. The summed E-state index contributed by atoms with van der Waals surface area (Å²) in [6.45, 7) is 5.50. The lowest BCUT2D eigenvalue weighted by Crippen LogP contribution is -2.30. The van der Waals surface area contributed by atoms with Crippen molar-refractivity contribution in [1.29, 1.82) is 0 Å². The number of hydrogen-bond acceptors (Lipinski definition) is 2. The van der Waals surface area contributed by atoms with Crippen LogP contribution in [0.25, 0.3) is 0 Å². The SMILES string of the molecule is CCN(Cc1ccccc1)C(=O)CCC(C)S. The first kappa shape index (κ1) is 14.1. The Balaban J connectivity index is 2.51. The molecule has 0 aromatic heterocycles. The molecule has 1 rings (SSSR count). The van der Waals surface area contributed by atoms with Gasteiger partial charge in [0.25, 0.3) is 0 Å². The number of benzene rings is 1. The minimum atomic E-state index is 0.220. The normalized spacial score (nSPS) is 12.2. The third-order valence-corrected chi connectivity index (χ3v) is 2.98. The number of hydrogen-bond donors (Lipinski definition) is 1. The van der Waals surface area contributed by atoms with Crippen LogP contribution >= 0.6 is 12.6 Å². The molecule has 0 saturated heterocycles. The summed E-state index contributed by atoms with van der Waals surface area (Å²) in [5.41, 5.74) is 1.18. The van der Waals surface area contributed by atoms with E-state index in [0.717, 1.165) is 13.0 Å². The molecule has 0 radical (unpaired) electrons. The lowest BCUT2D eigenvalue weighted by Gasteiger charge is -2.21. The number of rotatable bonds is 6. The van der Waals surface area contributed by atoms with E-state index >= 15 is 0 Å². The van der Waals surface area contributed by atoms with Gasteiger partial charge in [0.15, 0.2) is 0 Å². The highest BCUT2D eigenvalue weighted by atomic mass is 32.1. The summed E-state index contributed by atoms with van der Waals surface area (Å²) in [6, 6.07) is 10.1. The molecule has 0 spiro atoms. The van der Waals surface area contributed by atoms with Gasteiger partial charge in [-0.15, -0.1) is 0 Å². The molecule has 0 N–H and O–H groups in total. The van der Waals surface area contributed by atoms with Gasteiger partial charge in [-0.25, -0.2) is 0 Å². The predicted octanol–water partition coefficient (Wildman–Crippen LogP) is 3.13. The maximum absolute atomic E-state index is 12.0. The quantitative estimate of drug-likeness (QED) is 0.770. The molecule has 3 heteroatoms. The van der Waals surface area contributed by atoms with E-state index in [1.54, 1.807) is 0 Å². The molecule has 1 aromatic rings. The highest BCUT2D eigenvalue weighted by molar-refractivity contribution is 7.80. The van der Waals surface area contributed by atoms with Gasteiger partial charge in [-0.2, -0.15) is 12.6 Å². The van der Waals surface area contributed by atoms with Gasteiger partial charge in [-0.05, 0) is 24.2 Å². The Kier molecular flexibility index (Phi) is 6.12. The smallest absolute Gasteiger partial charge is 0.222 e. The van der Waals surface area contributed by atoms with Crippen molar-refractivity contribution in [2.75, 3.05) is 6.54 Å². The van der Waals surface area contributed by atoms with Gasteiger partial charge in [0.05, 0.1) is 0 Å². The molecule has 0 bridgehead atoms. The second kappa shape index (κ2) is 7.38. The molecule has 0 aliphatic carbocycles. The van der Waals surface area contributed by atoms with Crippen LogP contribution in [0.15, 0.2) is 30.3 Å². The summed E-state index contributed by atoms with van der Waals surface area (Å²) >= 11 is 4.30. The van der Waals surface area contributed by atoms with E-state index in [9.17, 15) is 4.79 Å². The Hall–Kier alpha value is -0.960. The summed E-state index contributed by atoms with van der Waals surface area (Å²) in [6.07, 6.45) is 1.43. The molecule has 94 valence electrons. The van der Waals surface area contributed by atoms with Crippen LogP contribution in [0.3, 0.4) is 0 Å². The first-order valence-electron chi connectivity index (χ1n) is 6.13. The molecule has 0 fully saturated rings. The van der Waals surface area contributed by atoms with Gasteiger partial charge in [0.1, 0.15) is 0 Å². The summed E-state index contributed by atoms with van der Waals surface area (Å²) in [5.74, 6) is 0.220. The zero-order valence-corrected chi connectivity index (χ0v) is 11.5. The van der Waals surface area contributed by atoms with Crippen molar-refractivity contribution in [3.8, 4) is 0 Å². The summed E-state index contributed by atoms with van der Waals surface area (Å²) in [5, 5.41) is 0.286. The first-order valence-corrected chi connectivity index (χ1v) is 6.65. The average Bonchev–Trinajstić information content (AvgIpc) is 2.34. The monoisotopic (exact) mass is 251 g/mol. The maximum Gasteiger partial charge on any atom is 0.222 e. The van der Waals surface area contributed by atoms with Gasteiger partial charge in [-0.1, -0.05) is 37.3 Å². The Morgan fingerprint density at radius 2 is 2.00 bits per heavy atom. The van der Waals surface area contributed by atoms with Gasteiger partial charge in [0, 0.05) is 19.5 Å². The Morgan fingerprint density at radius 3 is 2.53 bits per heavy atom. The van der Waals surface area contributed by atoms with Crippen molar-refractivity contribution in [2.24, 2.45) is 0 Å². The minimum absolute atomic E-state index is 0.220. The van der Waals surface area contributed by atoms with E-state index < -0.39 is 0 Å². The van der Waals surface area contributed by atoms with Crippen LogP contribution in [0, 0.1) is 0 Å². The Morgan fingerprint density at radius 1 is 1.35 bits per heavy atom. The van der Waals surface area contributed by atoms with E-state index in [0.29, 0.717) is 13.0 Å². The van der Waals surface area contributed by atoms with E-state index in [4.69, 9.17) is 0 Å². The molecular formula is C14H21NOS. The second-order valence-corrected chi connectivity index (χ2v) is 5.16. The topological polar surface area (TPSA) is 20.3 Å². The van der Waals surface area contributed by atoms with Gasteiger partial charge < -0.3 is 4.90 Å². The fourth-order valence-corrected chi connectivity index (χ4v) is 1.80. The van der Waals surface area contributed by atoms with Gasteiger partial charge in [0.2, 0.25) is 5.91 Å². The lowest BCUT2D eigenvalue weighted by molar-refractivity contribution is -0.131. The zero-order chi connectivity index (χ0) is 12.7. The minimum Gasteiger partial charge on any atom is -0.339 e. The molecule has 0 heterocycles. The van der Waals surface area contributed by atoms with Crippen LogP contribution in [0.1, 0.15) is 32.3 Å². The van der Waals surface area contributed by atoms with Crippen molar-refractivity contribution >= 4 is 18.5 Å². The fraction of sp³-hybridized carbons (Fsp3) is 0.500. The standard InChI is InChI=1S/C14H21NOS/c1-3-15(14(16)10-9-12(2)17)11-13-7-5-4-6-8-13/h4-8,12,17H,3,9-11H2,1-2H3. The molecule has 1 unspecified atom stereocenters. The lowest BCUT2D eigenvalue weighted by atomic mass is 10.2. The first-order chi connectivity index (χ1) is 8.13. The third kappa shape index (κ3) is 5.26. The molecule has 0 aliphatic rings. The highest BCUT2D eigenvalue weighted by Crippen LogP contribution is 2.09. The predicted molar refractivity (Wildman–Crippen MR) is 75.2 cm³/mol. The molecule has 1 aromatic carbocycles. The van der Waals surface area contributed by atoms with E-state index in [-0.39, 0.29) is 11.2 Å². The van der Waals surface area contributed by atoms with Crippen LogP contribution in [0.2, 0.25) is 0 Å². The molecule has 0 saturated carbocycles. The van der Waals surface area contributed by atoms with Crippen LogP contribution in [-0.4, -0.2) is 22.6 Å². The molecule has 1 atom stereocenters. The Labute approximate surface area is 109 Å². The van der Waals surface area contributed by atoms with Crippen molar-refractivity contribution < 1.29 is 4.79 Å². The van der Waals surface area contributed by atoms with Crippen LogP contribution in [0.5, 0.6) is 0 Å². The molecular weight excluding hydrogens is 230 g/mol. The summed E-state index contributed by atoms with van der Waals surface area (Å²) in [4.78, 5) is 13.9. The zero-order valence-electron chi connectivity index (χ0n) is 10.6. The number of carbonyl (C=O) groups excluding carboxylic acids is 1. The second-order valence-electron chi connectivity index (χ2n) is 4.28. The van der Waals surface area contributed by atoms with E-state index in [1.807, 2.05) is 36.9 Å². The van der Waals surface area contributed by atoms with Crippen molar-refractivity contribution in [3.63, 3.8) is 0 Å². The van der Waals surface area contributed by atoms with Gasteiger partial charge >= 0.3 is 0 Å². The molecule has 0 aliphatic heterocycles. The largest absolute Gasteiger partial charge is 0.339 e. The summed E-state index contributed by atoms with van der Waals surface area (Å²) < 4.78 is 0.